The van der Waals surface area contributed by atoms with Crippen LogP contribution in [0.1, 0.15) is 52.7 Å². The van der Waals surface area contributed by atoms with Gasteiger partial charge >= 0.3 is 0 Å². The quantitative estimate of drug-likeness (QED) is 0.418. The van der Waals surface area contributed by atoms with E-state index in [-0.39, 0.29) is 28.7 Å². The largest absolute Gasteiger partial charge is 0.368 e. The highest BCUT2D eigenvalue weighted by atomic mass is 19.2. The van der Waals surface area contributed by atoms with Crippen LogP contribution in [0.25, 0.3) is 22.0 Å². The average Bonchev–Trinajstić information content (AvgIpc) is 3.27. The predicted octanol–water partition coefficient (Wildman–Crippen LogP) is 4.84. The van der Waals surface area contributed by atoms with Gasteiger partial charge in [-0.05, 0) is 67.3 Å². The summed E-state index contributed by atoms with van der Waals surface area (Å²) in [6.45, 7) is 6.23. The molecule has 2 amide bonds. The third-order valence-electron chi connectivity index (χ3n) is 6.15. The fourth-order valence-electron chi connectivity index (χ4n) is 4.48. The first-order valence-corrected chi connectivity index (χ1v) is 11.8. The third-order valence-corrected chi connectivity index (χ3v) is 6.15. The van der Waals surface area contributed by atoms with Crippen LogP contribution in [0.2, 0.25) is 0 Å². The molecule has 3 aromatic carbocycles. The van der Waals surface area contributed by atoms with Crippen LogP contribution in [-0.4, -0.2) is 32.2 Å². The molecule has 7 nitrogen and oxygen atoms in total. The summed E-state index contributed by atoms with van der Waals surface area (Å²) < 4.78 is 28.5. The van der Waals surface area contributed by atoms with E-state index in [0.29, 0.717) is 29.6 Å². The van der Waals surface area contributed by atoms with Crippen LogP contribution in [-0.2, 0) is 13.1 Å². The van der Waals surface area contributed by atoms with E-state index < -0.39 is 23.1 Å². The minimum absolute atomic E-state index is 0.0348. The number of rotatable bonds is 3. The van der Waals surface area contributed by atoms with Crippen molar-refractivity contribution in [3.63, 3.8) is 0 Å². The molecule has 0 saturated carbocycles. The molecule has 5 rings (SSSR count). The number of benzene rings is 3. The molecule has 3 N–H and O–H groups in total. The van der Waals surface area contributed by atoms with Crippen molar-refractivity contribution < 1.29 is 18.4 Å². The lowest BCUT2D eigenvalue weighted by atomic mass is 9.96. The summed E-state index contributed by atoms with van der Waals surface area (Å²) in [6.07, 6.45) is 0. The van der Waals surface area contributed by atoms with Crippen LogP contribution in [0, 0.1) is 11.6 Å². The van der Waals surface area contributed by atoms with Crippen LogP contribution in [0.3, 0.4) is 0 Å². The Bertz CT molecular complexity index is 1550. The van der Waals surface area contributed by atoms with Gasteiger partial charge in [0, 0.05) is 24.0 Å². The number of nitrogen functional groups attached to an aromatic ring is 1. The molecule has 4 aromatic rings. The second-order valence-corrected chi connectivity index (χ2v) is 10.1. The Balaban J connectivity index is 1.61. The molecule has 37 heavy (non-hydrogen) atoms. The van der Waals surface area contributed by atoms with Gasteiger partial charge in [0.25, 0.3) is 11.8 Å². The van der Waals surface area contributed by atoms with Crippen molar-refractivity contribution in [2.24, 2.45) is 0 Å². The van der Waals surface area contributed by atoms with Crippen LogP contribution >= 0.6 is 0 Å². The maximum Gasteiger partial charge on any atom is 0.273 e. The summed E-state index contributed by atoms with van der Waals surface area (Å²) in [5.41, 5.74) is 8.48. The summed E-state index contributed by atoms with van der Waals surface area (Å²) in [5.74, 6) is -3.17. The van der Waals surface area contributed by atoms with E-state index in [1.54, 1.807) is 43.9 Å². The highest BCUT2D eigenvalue weighted by Crippen LogP contribution is 2.32. The number of carbonyl (C=O) groups is 2. The topological polar surface area (TPSA) is 101 Å². The van der Waals surface area contributed by atoms with Gasteiger partial charge in [0.15, 0.2) is 11.6 Å². The number of fused-ring (bicyclic) bond motifs is 2. The Morgan fingerprint density at radius 1 is 0.946 bits per heavy atom. The van der Waals surface area contributed by atoms with Crippen molar-refractivity contribution in [1.29, 1.82) is 0 Å². The zero-order valence-corrected chi connectivity index (χ0v) is 20.6. The molecule has 0 bridgehead atoms. The van der Waals surface area contributed by atoms with Crippen molar-refractivity contribution in [3.8, 4) is 11.1 Å². The van der Waals surface area contributed by atoms with Crippen molar-refractivity contribution >= 4 is 28.7 Å². The van der Waals surface area contributed by atoms with Gasteiger partial charge in [-0.1, -0.05) is 30.3 Å². The normalized spacial score (nSPS) is 13.1. The number of nitrogens with one attached hydrogen (secondary N) is 1. The highest BCUT2D eigenvalue weighted by molar-refractivity contribution is 6.07. The Labute approximate surface area is 212 Å². The molecular weight excluding hydrogens is 476 g/mol. The number of anilines is 1. The monoisotopic (exact) mass is 501 g/mol. The van der Waals surface area contributed by atoms with E-state index in [0.717, 1.165) is 23.3 Å². The van der Waals surface area contributed by atoms with E-state index in [1.165, 1.54) is 0 Å². The van der Waals surface area contributed by atoms with E-state index in [2.05, 4.69) is 15.3 Å². The molecule has 188 valence electrons. The number of halogens is 2. The number of aromatic nitrogens is 2. The van der Waals surface area contributed by atoms with Crippen molar-refractivity contribution in [1.82, 2.24) is 20.2 Å². The predicted molar refractivity (Wildman–Crippen MR) is 137 cm³/mol. The fraction of sp³-hybridized carbons (Fsp3) is 0.214. The zero-order valence-electron chi connectivity index (χ0n) is 20.6. The summed E-state index contributed by atoms with van der Waals surface area (Å²) in [4.78, 5) is 36.7. The second-order valence-electron chi connectivity index (χ2n) is 10.1. The van der Waals surface area contributed by atoms with Gasteiger partial charge < -0.3 is 16.0 Å². The number of hydrogen-bond donors (Lipinski definition) is 2. The maximum absolute atomic E-state index is 14.3. The van der Waals surface area contributed by atoms with E-state index in [1.807, 2.05) is 24.3 Å². The molecule has 2 heterocycles. The van der Waals surface area contributed by atoms with Crippen LogP contribution in [0.15, 0.2) is 54.6 Å². The first kappa shape index (κ1) is 24.3. The van der Waals surface area contributed by atoms with Crippen LogP contribution in [0.5, 0.6) is 0 Å². The molecule has 0 aliphatic carbocycles. The van der Waals surface area contributed by atoms with Crippen molar-refractivity contribution in [2.45, 2.75) is 39.4 Å². The second kappa shape index (κ2) is 8.92. The van der Waals surface area contributed by atoms with Crippen LogP contribution in [0.4, 0.5) is 14.7 Å². The van der Waals surface area contributed by atoms with Crippen molar-refractivity contribution in [2.75, 3.05) is 5.73 Å². The molecule has 0 unspecified atom stereocenters. The lowest BCUT2D eigenvalue weighted by molar-refractivity contribution is 0.0747. The Morgan fingerprint density at radius 2 is 1.59 bits per heavy atom. The van der Waals surface area contributed by atoms with E-state index >= 15 is 0 Å². The van der Waals surface area contributed by atoms with Gasteiger partial charge in [0.2, 0.25) is 5.95 Å². The molecule has 1 aromatic heterocycles. The first-order valence-electron chi connectivity index (χ1n) is 11.8. The number of carbonyl (C=O) groups excluding carboxylic acids is 2. The van der Waals surface area contributed by atoms with Gasteiger partial charge in [0.1, 0.15) is 5.69 Å². The summed E-state index contributed by atoms with van der Waals surface area (Å²) in [7, 11) is 0. The van der Waals surface area contributed by atoms with Gasteiger partial charge in [0.05, 0.1) is 11.1 Å². The zero-order chi connectivity index (χ0) is 26.5. The van der Waals surface area contributed by atoms with E-state index in [9.17, 15) is 18.4 Å². The molecule has 0 atom stereocenters. The summed E-state index contributed by atoms with van der Waals surface area (Å²) >= 11 is 0. The van der Waals surface area contributed by atoms with Crippen LogP contribution < -0.4 is 11.1 Å². The lowest BCUT2D eigenvalue weighted by Crippen LogP contribution is -2.40. The average molecular weight is 502 g/mol. The molecule has 0 spiro atoms. The standard InChI is InChI=1S/C28H25F2N5O2/c1-28(2,3)34-25(36)19-12-22(30)21(29)11-18(19)15-8-9-23-20(10-15)24(33-27(31)32-23)26(37)35-13-16-6-4-5-7-17(16)14-35/h4-12H,13-14H2,1-3H3,(H,34,36)(H2,31,32,33). The smallest absolute Gasteiger partial charge is 0.273 e. The fourth-order valence-corrected chi connectivity index (χ4v) is 4.48. The summed E-state index contributed by atoms with van der Waals surface area (Å²) in [5, 5.41) is 3.17. The Hall–Kier alpha value is -4.40. The third kappa shape index (κ3) is 4.72. The minimum atomic E-state index is -1.14. The maximum atomic E-state index is 14.3. The molecule has 1 aliphatic heterocycles. The number of nitrogens with zero attached hydrogens (tertiary/aromatic N) is 3. The first-order chi connectivity index (χ1) is 17.5. The Kier molecular flexibility index (Phi) is 5.86. The van der Waals surface area contributed by atoms with Gasteiger partial charge in [-0.15, -0.1) is 0 Å². The summed E-state index contributed by atoms with van der Waals surface area (Å²) in [6, 6.07) is 14.5. The minimum Gasteiger partial charge on any atom is -0.368 e. The van der Waals surface area contributed by atoms with Gasteiger partial charge in [-0.25, -0.2) is 18.7 Å². The van der Waals surface area contributed by atoms with E-state index in [4.69, 9.17) is 5.73 Å². The number of nitrogens with two attached hydrogens (primary N) is 1. The molecule has 0 fully saturated rings. The SMILES string of the molecule is CC(C)(C)NC(=O)c1cc(F)c(F)cc1-c1ccc2nc(N)nc(C(=O)N3Cc4ccccc4C3)c2c1. The highest BCUT2D eigenvalue weighted by Gasteiger charge is 2.27. The van der Waals surface area contributed by atoms with Gasteiger partial charge in [-0.2, -0.15) is 0 Å². The van der Waals surface area contributed by atoms with Crippen molar-refractivity contribution in [3.05, 3.63) is 88.6 Å². The molecular formula is C28H25F2N5O2. The van der Waals surface area contributed by atoms with Gasteiger partial charge in [-0.3, -0.25) is 9.59 Å². The molecule has 9 heteroatoms. The lowest BCUT2D eigenvalue weighted by Gasteiger charge is -2.22. The molecule has 1 aliphatic rings. The Morgan fingerprint density at radius 3 is 2.24 bits per heavy atom. The number of hydrogen-bond acceptors (Lipinski definition) is 5. The number of amides is 2. The molecule has 0 radical (unpaired) electrons. The molecule has 0 saturated heterocycles.